The fourth-order valence-electron chi connectivity index (χ4n) is 4.07. The molecule has 1 aliphatic heterocycles. The molecule has 166 valence electrons. The van der Waals surface area contributed by atoms with Gasteiger partial charge in [0.25, 0.3) is 0 Å². The van der Waals surface area contributed by atoms with Crippen molar-refractivity contribution in [3.8, 4) is 16.9 Å². The number of halogens is 1. The van der Waals surface area contributed by atoms with Crippen molar-refractivity contribution in [3.63, 3.8) is 0 Å². The summed E-state index contributed by atoms with van der Waals surface area (Å²) in [5.41, 5.74) is 14.2. The van der Waals surface area contributed by atoms with Gasteiger partial charge in [-0.05, 0) is 37.6 Å². The second kappa shape index (κ2) is 8.41. The zero-order chi connectivity index (χ0) is 23.0. The molecule has 1 atom stereocenters. The first kappa shape index (κ1) is 21.5. The maximum atomic E-state index is 14.2. The highest BCUT2D eigenvalue weighted by molar-refractivity contribution is 6.47. The number of aryl methyl sites for hydroxylation is 2. The van der Waals surface area contributed by atoms with Crippen molar-refractivity contribution in [2.75, 3.05) is 12.8 Å². The van der Waals surface area contributed by atoms with E-state index in [0.29, 0.717) is 29.0 Å². The third-order valence-corrected chi connectivity index (χ3v) is 5.64. The summed E-state index contributed by atoms with van der Waals surface area (Å²) in [6, 6.07) is 6.16. The smallest absolute Gasteiger partial charge is 0.166 e. The van der Waals surface area contributed by atoms with Crippen LogP contribution in [0.15, 0.2) is 35.6 Å². The Bertz CT molecular complexity index is 1230. The van der Waals surface area contributed by atoms with Gasteiger partial charge < -0.3 is 15.9 Å². The van der Waals surface area contributed by atoms with Crippen LogP contribution in [0, 0.1) is 11.2 Å². The lowest BCUT2D eigenvalue weighted by molar-refractivity contribution is 0.227. The van der Waals surface area contributed by atoms with Gasteiger partial charge in [-0.2, -0.15) is 10.2 Å². The Kier molecular flexibility index (Phi) is 5.65. The Morgan fingerprint density at radius 1 is 1.38 bits per heavy atom. The molecule has 3 aromatic rings. The summed E-state index contributed by atoms with van der Waals surface area (Å²) >= 11 is 0. The van der Waals surface area contributed by atoms with E-state index in [9.17, 15) is 4.39 Å². The SMILES string of the molecule is CCc1nn(C)c2c1-c1cnc(N)c(c1)OC(C)c1cc(F)ccc1C(=N)/C(=N\NC)C2. The number of fused-ring (bicyclic) bond motifs is 5. The molecule has 1 unspecified atom stereocenters. The number of aromatic nitrogens is 3. The quantitative estimate of drug-likeness (QED) is 0.534. The van der Waals surface area contributed by atoms with E-state index in [1.807, 2.05) is 24.7 Å². The first-order chi connectivity index (χ1) is 15.3. The fraction of sp³-hybridized carbons (Fsp3) is 0.304. The highest BCUT2D eigenvalue weighted by atomic mass is 19.1. The van der Waals surface area contributed by atoms with Gasteiger partial charge in [-0.1, -0.05) is 6.92 Å². The molecule has 4 N–H and O–H groups in total. The average Bonchev–Trinajstić information content (AvgIpc) is 3.09. The molecule has 9 heteroatoms. The summed E-state index contributed by atoms with van der Waals surface area (Å²) in [5.74, 6) is 0.234. The number of benzene rings is 1. The van der Waals surface area contributed by atoms with Gasteiger partial charge in [0.15, 0.2) is 11.6 Å². The molecule has 3 heterocycles. The van der Waals surface area contributed by atoms with Crippen molar-refractivity contribution in [2.45, 2.75) is 32.8 Å². The minimum absolute atomic E-state index is 0.185. The number of rotatable bonds is 2. The van der Waals surface area contributed by atoms with Crippen LogP contribution in [0.1, 0.15) is 42.5 Å². The largest absolute Gasteiger partial charge is 0.482 e. The third kappa shape index (κ3) is 3.70. The van der Waals surface area contributed by atoms with E-state index in [1.54, 1.807) is 26.2 Å². The molecule has 0 spiro atoms. The minimum Gasteiger partial charge on any atom is -0.482 e. The molecule has 1 aromatic carbocycles. The maximum Gasteiger partial charge on any atom is 0.166 e. The van der Waals surface area contributed by atoms with Crippen LogP contribution in [-0.2, 0) is 19.9 Å². The average molecular weight is 436 g/mol. The number of pyridine rings is 1. The number of nitrogens with one attached hydrogen (secondary N) is 2. The van der Waals surface area contributed by atoms with Crippen LogP contribution < -0.4 is 15.9 Å². The molecular formula is C23H26FN7O. The number of nitrogen functional groups attached to an aromatic ring is 1. The lowest BCUT2D eigenvalue weighted by atomic mass is 9.92. The molecule has 0 amide bonds. The summed E-state index contributed by atoms with van der Waals surface area (Å²) in [4.78, 5) is 4.35. The van der Waals surface area contributed by atoms with Crippen molar-refractivity contribution in [1.29, 1.82) is 5.41 Å². The molecule has 0 radical (unpaired) electrons. The number of hydrogen-bond donors (Lipinski definition) is 3. The Labute approximate surface area is 185 Å². The summed E-state index contributed by atoms with van der Waals surface area (Å²) in [6.45, 7) is 3.84. The van der Waals surface area contributed by atoms with E-state index in [2.05, 4.69) is 20.6 Å². The molecule has 0 saturated heterocycles. The minimum atomic E-state index is -0.574. The van der Waals surface area contributed by atoms with Gasteiger partial charge >= 0.3 is 0 Å². The first-order valence-corrected chi connectivity index (χ1v) is 10.4. The Balaban J connectivity index is 2.02. The van der Waals surface area contributed by atoms with Crippen LogP contribution in [-0.4, -0.2) is 33.2 Å². The van der Waals surface area contributed by atoms with Gasteiger partial charge in [-0.15, -0.1) is 0 Å². The predicted octanol–water partition coefficient (Wildman–Crippen LogP) is 3.41. The highest BCUT2D eigenvalue weighted by Crippen LogP contribution is 2.36. The van der Waals surface area contributed by atoms with Gasteiger partial charge in [0, 0.05) is 49.0 Å². The molecule has 2 aromatic heterocycles. The summed E-state index contributed by atoms with van der Waals surface area (Å²) in [6.07, 6.45) is 2.20. The summed E-state index contributed by atoms with van der Waals surface area (Å²) in [7, 11) is 3.56. The molecule has 8 nitrogen and oxygen atoms in total. The van der Waals surface area contributed by atoms with E-state index < -0.39 is 11.9 Å². The number of nitrogens with zero attached hydrogens (tertiary/aromatic N) is 4. The van der Waals surface area contributed by atoms with Gasteiger partial charge in [0.2, 0.25) is 0 Å². The number of anilines is 1. The molecule has 0 saturated carbocycles. The number of ether oxygens (including phenoxy) is 1. The summed E-state index contributed by atoms with van der Waals surface area (Å²) in [5, 5.41) is 18.0. The Morgan fingerprint density at radius 3 is 2.88 bits per heavy atom. The van der Waals surface area contributed by atoms with Crippen LogP contribution in [0.2, 0.25) is 0 Å². The Morgan fingerprint density at radius 2 is 2.16 bits per heavy atom. The molecule has 4 rings (SSSR count). The molecule has 0 aliphatic carbocycles. The third-order valence-electron chi connectivity index (χ3n) is 5.64. The van der Waals surface area contributed by atoms with Crippen molar-refractivity contribution in [3.05, 3.63) is 58.8 Å². The predicted molar refractivity (Wildman–Crippen MR) is 123 cm³/mol. The fourth-order valence-corrected chi connectivity index (χ4v) is 4.07. The van der Waals surface area contributed by atoms with Crippen molar-refractivity contribution < 1.29 is 9.13 Å². The summed E-state index contributed by atoms with van der Waals surface area (Å²) < 4.78 is 22.1. The van der Waals surface area contributed by atoms with E-state index in [4.69, 9.17) is 15.9 Å². The first-order valence-electron chi connectivity index (χ1n) is 10.4. The normalized spacial score (nSPS) is 17.1. The van der Waals surface area contributed by atoms with E-state index in [-0.39, 0.29) is 11.5 Å². The van der Waals surface area contributed by atoms with Crippen molar-refractivity contribution in [2.24, 2.45) is 12.1 Å². The standard InChI is InChI=1S/C23H26FN7O/c1-5-17-21-13-8-20(23(26)28-11-13)32-12(2)16-9-14(24)6-7-15(16)22(25)18(29-27-3)10-19(21)31(4)30-17/h6-9,11-12,25,27H,5,10H2,1-4H3,(H2,26,28)/b25-22?,29-18-. The van der Waals surface area contributed by atoms with Crippen LogP contribution in [0.5, 0.6) is 5.75 Å². The lowest BCUT2D eigenvalue weighted by Crippen LogP contribution is -2.24. The van der Waals surface area contributed by atoms with Crippen molar-refractivity contribution >= 4 is 17.2 Å². The highest BCUT2D eigenvalue weighted by Gasteiger charge is 2.26. The van der Waals surface area contributed by atoms with E-state index in [1.165, 1.54) is 12.1 Å². The van der Waals surface area contributed by atoms with Crippen molar-refractivity contribution in [1.82, 2.24) is 20.2 Å². The van der Waals surface area contributed by atoms with Gasteiger partial charge in [0.1, 0.15) is 11.9 Å². The number of hydrazone groups is 1. The van der Waals surface area contributed by atoms with Crippen LogP contribution >= 0.6 is 0 Å². The number of nitrogens with two attached hydrogens (primary N) is 1. The zero-order valence-electron chi connectivity index (χ0n) is 18.5. The molecule has 0 fully saturated rings. The number of hydrogen-bond acceptors (Lipinski definition) is 7. The van der Waals surface area contributed by atoms with Gasteiger partial charge in [-0.3, -0.25) is 10.1 Å². The van der Waals surface area contributed by atoms with Gasteiger partial charge in [-0.25, -0.2) is 9.37 Å². The Hall–Kier alpha value is -3.75. The lowest BCUT2D eigenvalue weighted by Gasteiger charge is -2.22. The maximum absolute atomic E-state index is 14.2. The topological polar surface area (TPSA) is 114 Å². The van der Waals surface area contributed by atoms with Crippen LogP contribution in [0.25, 0.3) is 11.1 Å². The molecular weight excluding hydrogens is 409 g/mol. The monoisotopic (exact) mass is 435 g/mol. The molecule has 1 aliphatic rings. The van der Waals surface area contributed by atoms with E-state index >= 15 is 0 Å². The van der Waals surface area contributed by atoms with Crippen LogP contribution in [0.4, 0.5) is 10.2 Å². The van der Waals surface area contributed by atoms with Crippen LogP contribution in [0.3, 0.4) is 0 Å². The second-order valence-electron chi connectivity index (χ2n) is 7.68. The molecule has 32 heavy (non-hydrogen) atoms. The van der Waals surface area contributed by atoms with Gasteiger partial charge in [0.05, 0.1) is 22.8 Å². The molecule has 2 bridgehead atoms. The second-order valence-corrected chi connectivity index (χ2v) is 7.68. The zero-order valence-corrected chi connectivity index (χ0v) is 18.5. The van der Waals surface area contributed by atoms with E-state index in [0.717, 1.165) is 28.9 Å².